The molecule has 0 fully saturated rings. The Morgan fingerprint density at radius 3 is 2.78 bits per heavy atom. The third-order valence-electron chi connectivity index (χ3n) is 3.58. The van der Waals surface area contributed by atoms with Gasteiger partial charge >= 0.3 is 0 Å². The second-order valence-corrected chi connectivity index (χ2v) is 5.50. The largest absolute Gasteiger partial charge is 0.373 e. The number of rotatable bonds is 3. The number of anilines is 1. The molecule has 0 saturated carbocycles. The van der Waals surface area contributed by atoms with Crippen LogP contribution in [0.3, 0.4) is 0 Å². The fraction of sp³-hybridized carbons (Fsp3) is 0.118. The van der Waals surface area contributed by atoms with Gasteiger partial charge in [-0.2, -0.15) is 5.26 Å². The summed E-state index contributed by atoms with van der Waals surface area (Å²) in [4.78, 5) is 8.39. The van der Waals surface area contributed by atoms with Crippen LogP contribution >= 0.6 is 11.6 Å². The summed E-state index contributed by atoms with van der Waals surface area (Å²) in [5, 5.41) is 13.1. The minimum atomic E-state index is 0.523. The van der Waals surface area contributed by atoms with E-state index in [-0.39, 0.29) is 0 Å². The Bertz CT molecular complexity index is 908. The highest BCUT2D eigenvalue weighted by molar-refractivity contribution is 6.30. The molecule has 0 amide bonds. The summed E-state index contributed by atoms with van der Waals surface area (Å²) < 4.78 is 1.83. The van der Waals surface area contributed by atoms with Gasteiger partial charge in [-0.25, -0.2) is 9.97 Å². The minimum Gasteiger partial charge on any atom is -0.373 e. The van der Waals surface area contributed by atoms with Crippen LogP contribution in [0.15, 0.2) is 42.9 Å². The number of halogens is 1. The maximum absolute atomic E-state index is 9.45. The molecule has 2 heterocycles. The maximum atomic E-state index is 9.45. The Labute approximate surface area is 139 Å². The first-order chi connectivity index (χ1) is 11.1. The average Bonchev–Trinajstić information content (AvgIpc) is 3.01. The first kappa shape index (κ1) is 15.1. The minimum absolute atomic E-state index is 0.523. The zero-order valence-electron chi connectivity index (χ0n) is 12.7. The topological polar surface area (TPSA) is 66.5 Å². The van der Waals surface area contributed by atoms with E-state index in [1.54, 1.807) is 7.05 Å². The van der Waals surface area contributed by atoms with Crippen molar-refractivity contribution in [2.24, 2.45) is 0 Å². The first-order valence-electron chi connectivity index (χ1n) is 7.01. The zero-order chi connectivity index (χ0) is 16.4. The zero-order valence-corrected chi connectivity index (χ0v) is 13.5. The summed E-state index contributed by atoms with van der Waals surface area (Å²) in [6.45, 7) is 1.98. The van der Waals surface area contributed by atoms with Crippen LogP contribution < -0.4 is 5.32 Å². The van der Waals surface area contributed by atoms with Gasteiger partial charge in [-0.1, -0.05) is 17.7 Å². The molecule has 0 radical (unpaired) electrons. The summed E-state index contributed by atoms with van der Waals surface area (Å²) in [5.74, 6) is 0.722. The van der Waals surface area contributed by atoms with E-state index in [0.717, 1.165) is 28.3 Å². The maximum Gasteiger partial charge on any atom is 0.129 e. The van der Waals surface area contributed by atoms with Crippen molar-refractivity contribution in [1.29, 1.82) is 5.26 Å². The second-order valence-electron chi connectivity index (χ2n) is 5.07. The Morgan fingerprint density at radius 1 is 1.22 bits per heavy atom. The van der Waals surface area contributed by atoms with Crippen LogP contribution in [0.1, 0.15) is 11.3 Å². The third kappa shape index (κ3) is 2.89. The van der Waals surface area contributed by atoms with Gasteiger partial charge in [-0.05, 0) is 30.7 Å². The molecule has 0 aliphatic rings. The lowest BCUT2D eigenvalue weighted by Crippen LogP contribution is -1.98. The molecule has 0 aliphatic carbocycles. The van der Waals surface area contributed by atoms with Crippen LogP contribution in [0.2, 0.25) is 5.02 Å². The highest BCUT2D eigenvalue weighted by Gasteiger charge is 2.12. The number of aromatic nitrogens is 3. The number of nitriles is 1. The lowest BCUT2D eigenvalue weighted by Gasteiger charge is -2.09. The van der Waals surface area contributed by atoms with Crippen LogP contribution in [0.5, 0.6) is 0 Å². The van der Waals surface area contributed by atoms with E-state index in [4.69, 9.17) is 11.6 Å². The van der Waals surface area contributed by atoms with Crippen molar-refractivity contribution >= 4 is 17.4 Å². The highest BCUT2D eigenvalue weighted by Crippen LogP contribution is 2.27. The van der Waals surface area contributed by atoms with Crippen molar-refractivity contribution < 1.29 is 0 Å². The van der Waals surface area contributed by atoms with Crippen LogP contribution in [0.4, 0.5) is 5.82 Å². The molecule has 6 heteroatoms. The number of hydrogen-bond donors (Lipinski definition) is 1. The van der Waals surface area contributed by atoms with Gasteiger partial charge in [0.25, 0.3) is 0 Å². The van der Waals surface area contributed by atoms with Crippen molar-refractivity contribution in [2.75, 3.05) is 12.4 Å². The molecule has 0 unspecified atom stereocenters. The molecule has 0 atom stereocenters. The SMILES string of the molecule is CNc1cc(-c2cc(C#N)n(-c3cc(Cl)ccc3C)c2)ncn1. The first-order valence-corrected chi connectivity index (χ1v) is 7.39. The summed E-state index contributed by atoms with van der Waals surface area (Å²) in [7, 11) is 1.80. The number of nitrogens with one attached hydrogen (secondary N) is 1. The molecule has 2 aromatic heterocycles. The van der Waals surface area contributed by atoms with Crippen LogP contribution in [0.25, 0.3) is 16.9 Å². The third-order valence-corrected chi connectivity index (χ3v) is 3.82. The van der Waals surface area contributed by atoms with Gasteiger partial charge in [-0.3, -0.25) is 0 Å². The highest BCUT2D eigenvalue weighted by atomic mass is 35.5. The van der Waals surface area contributed by atoms with Gasteiger partial charge in [0, 0.05) is 29.9 Å². The predicted octanol–water partition coefficient (Wildman–Crippen LogP) is 3.81. The number of hydrogen-bond acceptors (Lipinski definition) is 4. The van der Waals surface area contributed by atoms with Gasteiger partial charge in [0.2, 0.25) is 0 Å². The van der Waals surface area contributed by atoms with Gasteiger partial charge in [-0.15, -0.1) is 0 Å². The quantitative estimate of drug-likeness (QED) is 0.796. The van der Waals surface area contributed by atoms with Crippen LogP contribution in [0, 0.1) is 18.3 Å². The molecule has 0 aliphatic heterocycles. The Kier molecular flexibility index (Phi) is 4.00. The van der Waals surface area contributed by atoms with Gasteiger partial charge < -0.3 is 9.88 Å². The Morgan fingerprint density at radius 2 is 2.04 bits per heavy atom. The smallest absolute Gasteiger partial charge is 0.129 e. The molecule has 0 spiro atoms. The molecule has 3 rings (SSSR count). The number of nitrogens with zero attached hydrogens (tertiary/aromatic N) is 4. The van der Waals surface area contributed by atoms with E-state index in [1.807, 2.05) is 48.0 Å². The predicted molar refractivity (Wildman–Crippen MR) is 90.8 cm³/mol. The summed E-state index contributed by atoms with van der Waals surface area (Å²) in [6.07, 6.45) is 3.38. The molecule has 23 heavy (non-hydrogen) atoms. The lowest BCUT2D eigenvalue weighted by molar-refractivity contribution is 1.03. The van der Waals surface area contributed by atoms with Crippen LogP contribution in [-0.2, 0) is 0 Å². The molecule has 3 aromatic rings. The Balaban J connectivity index is 2.15. The van der Waals surface area contributed by atoms with Crippen molar-refractivity contribution in [3.05, 3.63) is 59.1 Å². The molecular weight excluding hydrogens is 310 g/mol. The standard InChI is InChI=1S/C17H14ClN5/c1-11-3-4-13(18)6-16(11)23-9-12(5-14(23)8-19)15-7-17(20-2)22-10-21-15/h3-7,9-10H,1-2H3,(H,20,21,22). The van der Waals surface area contributed by atoms with E-state index in [0.29, 0.717) is 10.7 Å². The fourth-order valence-electron chi connectivity index (χ4n) is 2.38. The molecule has 1 N–H and O–H groups in total. The van der Waals surface area contributed by atoms with E-state index < -0.39 is 0 Å². The molecule has 1 aromatic carbocycles. The second kappa shape index (κ2) is 6.11. The van der Waals surface area contributed by atoms with Gasteiger partial charge in [0.1, 0.15) is 23.9 Å². The van der Waals surface area contributed by atoms with Crippen LogP contribution in [-0.4, -0.2) is 21.6 Å². The number of benzene rings is 1. The van der Waals surface area contributed by atoms with Crippen molar-refractivity contribution in [1.82, 2.24) is 14.5 Å². The van der Waals surface area contributed by atoms with E-state index in [9.17, 15) is 5.26 Å². The van der Waals surface area contributed by atoms with Gasteiger partial charge in [0.15, 0.2) is 0 Å². The van der Waals surface area contributed by atoms with Crippen molar-refractivity contribution in [3.8, 4) is 23.0 Å². The summed E-state index contributed by atoms with van der Waals surface area (Å²) in [6, 6.07) is 11.5. The monoisotopic (exact) mass is 323 g/mol. The molecule has 0 bridgehead atoms. The van der Waals surface area contributed by atoms with E-state index in [1.165, 1.54) is 6.33 Å². The molecular formula is C17H14ClN5. The number of aryl methyl sites for hydroxylation is 1. The summed E-state index contributed by atoms with van der Waals surface area (Å²) >= 11 is 6.10. The van der Waals surface area contributed by atoms with E-state index >= 15 is 0 Å². The van der Waals surface area contributed by atoms with Crippen molar-refractivity contribution in [3.63, 3.8) is 0 Å². The Hall–Kier alpha value is -2.84. The normalized spacial score (nSPS) is 10.3. The van der Waals surface area contributed by atoms with E-state index in [2.05, 4.69) is 21.4 Å². The lowest BCUT2D eigenvalue weighted by atomic mass is 10.2. The van der Waals surface area contributed by atoms with Crippen molar-refractivity contribution in [2.45, 2.75) is 6.92 Å². The molecule has 0 saturated heterocycles. The summed E-state index contributed by atoms with van der Waals surface area (Å²) in [5.41, 5.74) is 4.03. The average molecular weight is 324 g/mol. The molecule has 5 nitrogen and oxygen atoms in total. The fourth-order valence-corrected chi connectivity index (χ4v) is 2.55. The van der Waals surface area contributed by atoms with Gasteiger partial charge in [0.05, 0.1) is 11.4 Å². The molecule has 114 valence electrons.